The van der Waals surface area contributed by atoms with E-state index in [1.165, 1.54) is 12.7 Å². The van der Waals surface area contributed by atoms with Gasteiger partial charge >= 0.3 is 5.97 Å². The van der Waals surface area contributed by atoms with Gasteiger partial charge in [0.2, 0.25) is 0 Å². The third-order valence-corrected chi connectivity index (χ3v) is 4.87. The zero-order chi connectivity index (χ0) is 13.0. The van der Waals surface area contributed by atoms with Crippen molar-refractivity contribution in [3.8, 4) is 0 Å². The van der Waals surface area contributed by atoms with Gasteiger partial charge in [-0.1, -0.05) is 0 Å². The summed E-state index contributed by atoms with van der Waals surface area (Å²) in [5.41, 5.74) is 1.21. The highest BCUT2D eigenvalue weighted by Gasteiger charge is 2.27. The van der Waals surface area contributed by atoms with Crippen LogP contribution in [0.2, 0.25) is 0 Å². The number of carbonyl (C=O) groups excluding carboxylic acids is 1. The minimum Gasteiger partial charge on any atom is -0.469 e. The molecule has 18 heavy (non-hydrogen) atoms. The first-order valence-corrected chi connectivity index (χ1v) is 7.78. The summed E-state index contributed by atoms with van der Waals surface area (Å²) >= 11 is 5.12. The predicted molar refractivity (Wildman–Crippen MR) is 74.6 cm³/mol. The second-order valence-corrected chi connectivity index (χ2v) is 6.86. The number of rotatable bonds is 4. The molecule has 2 rings (SSSR count). The second-order valence-electron chi connectivity index (χ2n) is 4.57. The van der Waals surface area contributed by atoms with Gasteiger partial charge in [0.15, 0.2) is 0 Å². The molecule has 0 bridgehead atoms. The Labute approximate surface area is 120 Å². The summed E-state index contributed by atoms with van der Waals surface area (Å²) in [4.78, 5) is 11.4. The topological polar surface area (TPSA) is 35.5 Å². The predicted octanol–water partition coefficient (Wildman–Crippen LogP) is 3.76. The summed E-state index contributed by atoms with van der Waals surface area (Å²) in [6.45, 7) is 0.662. The quantitative estimate of drug-likeness (QED) is 0.787. The Kier molecular flexibility index (Phi) is 5.21. The van der Waals surface area contributed by atoms with Crippen LogP contribution in [0.1, 0.15) is 31.2 Å². The number of hydrogen-bond donors (Lipinski definition) is 0. The number of carbonyl (C=O) groups is 1. The zero-order valence-electron chi connectivity index (χ0n) is 10.4. The lowest BCUT2D eigenvalue weighted by Gasteiger charge is -2.26. The lowest BCUT2D eigenvalue weighted by Crippen LogP contribution is -2.26. The van der Waals surface area contributed by atoms with Crippen LogP contribution in [-0.2, 0) is 20.9 Å². The third kappa shape index (κ3) is 3.80. The molecule has 1 heterocycles. The molecule has 1 aliphatic rings. The van der Waals surface area contributed by atoms with Crippen LogP contribution in [0.25, 0.3) is 0 Å². The largest absolute Gasteiger partial charge is 0.469 e. The molecule has 1 aromatic heterocycles. The first-order chi connectivity index (χ1) is 8.69. The molecule has 1 saturated carbocycles. The van der Waals surface area contributed by atoms with Crippen LogP contribution in [0, 0.1) is 5.92 Å². The van der Waals surface area contributed by atoms with Crippen LogP contribution in [0.3, 0.4) is 0 Å². The van der Waals surface area contributed by atoms with E-state index in [1.807, 2.05) is 0 Å². The summed E-state index contributed by atoms with van der Waals surface area (Å²) in [7, 11) is 1.46. The molecule has 0 saturated heterocycles. The fourth-order valence-corrected chi connectivity index (χ4v) is 3.46. The molecule has 0 atom stereocenters. The standard InChI is InChI=1S/C13H17BrO3S/c1-16-13(15)10-2-4-11(5-3-10)17-7-9-6-12(14)18-8-9/h6,8,10-11H,2-5,7H2,1H3. The molecule has 100 valence electrons. The third-order valence-electron chi connectivity index (χ3n) is 3.32. The maximum Gasteiger partial charge on any atom is 0.308 e. The lowest BCUT2D eigenvalue weighted by molar-refractivity contribution is -0.147. The number of esters is 1. The van der Waals surface area contributed by atoms with E-state index in [9.17, 15) is 4.79 Å². The average molecular weight is 333 g/mol. The van der Waals surface area contributed by atoms with Crippen LogP contribution in [-0.4, -0.2) is 19.2 Å². The Bertz CT molecular complexity index is 397. The second kappa shape index (κ2) is 6.68. The van der Waals surface area contributed by atoms with Crippen molar-refractivity contribution >= 4 is 33.2 Å². The Hall–Kier alpha value is -0.390. The minimum absolute atomic E-state index is 0.0739. The van der Waals surface area contributed by atoms with Gasteiger partial charge in [0.1, 0.15) is 0 Å². The minimum atomic E-state index is -0.0739. The molecule has 1 fully saturated rings. The van der Waals surface area contributed by atoms with E-state index in [2.05, 4.69) is 27.4 Å². The molecule has 1 aromatic rings. The van der Waals surface area contributed by atoms with Crippen LogP contribution in [0.4, 0.5) is 0 Å². The zero-order valence-corrected chi connectivity index (χ0v) is 12.8. The van der Waals surface area contributed by atoms with Gasteiger partial charge in [-0.2, -0.15) is 0 Å². The number of hydrogen-bond acceptors (Lipinski definition) is 4. The van der Waals surface area contributed by atoms with Crippen molar-refractivity contribution in [2.75, 3.05) is 7.11 Å². The van der Waals surface area contributed by atoms with Crippen LogP contribution >= 0.6 is 27.3 Å². The molecule has 0 amide bonds. The van der Waals surface area contributed by atoms with E-state index >= 15 is 0 Å². The highest BCUT2D eigenvalue weighted by Crippen LogP contribution is 2.28. The van der Waals surface area contributed by atoms with Gasteiger partial charge in [0.05, 0.1) is 29.5 Å². The Morgan fingerprint density at radius 1 is 1.44 bits per heavy atom. The molecule has 5 heteroatoms. The van der Waals surface area contributed by atoms with Crippen LogP contribution in [0.15, 0.2) is 15.2 Å². The van der Waals surface area contributed by atoms with Gasteiger partial charge in [-0.25, -0.2) is 0 Å². The molecule has 0 unspecified atom stereocenters. The van der Waals surface area contributed by atoms with Gasteiger partial charge in [-0.05, 0) is 58.6 Å². The maximum atomic E-state index is 11.4. The SMILES string of the molecule is COC(=O)C1CCC(OCc2csc(Br)c2)CC1. The molecular formula is C13H17BrO3S. The van der Waals surface area contributed by atoms with Crippen molar-refractivity contribution in [2.45, 2.75) is 38.4 Å². The fourth-order valence-electron chi connectivity index (χ4n) is 2.27. The van der Waals surface area contributed by atoms with E-state index in [1.54, 1.807) is 11.3 Å². The van der Waals surface area contributed by atoms with Crippen molar-refractivity contribution in [1.82, 2.24) is 0 Å². The van der Waals surface area contributed by atoms with Crippen molar-refractivity contribution in [3.05, 3.63) is 20.8 Å². The smallest absolute Gasteiger partial charge is 0.308 e. The van der Waals surface area contributed by atoms with Crippen molar-refractivity contribution in [2.24, 2.45) is 5.92 Å². The summed E-state index contributed by atoms with van der Waals surface area (Å²) < 4.78 is 11.8. The Morgan fingerprint density at radius 3 is 2.72 bits per heavy atom. The number of methoxy groups -OCH3 is 1. The molecule has 0 spiro atoms. The molecule has 1 aliphatic carbocycles. The van der Waals surface area contributed by atoms with Gasteiger partial charge < -0.3 is 9.47 Å². The van der Waals surface area contributed by atoms with Crippen LogP contribution < -0.4 is 0 Å². The van der Waals surface area contributed by atoms with Crippen molar-refractivity contribution in [3.63, 3.8) is 0 Å². The first-order valence-electron chi connectivity index (χ1n) is 6.11. The molecule has 0 aliphatic heterocycles. The highest BCUT2D eigenvalue weighted by atomic mass is 79.9. The van der Waals surface area contributed by atoms with E-state index in [0.717, 1.165) is 29.5 Å². The normalized spacial score (nSPS) is 23.9. The van der Waals surface area contributed by atoms with Crippen molar-refractivity contribution in [1.29, 1.82) is 0 Å². The van der Waals surface area contributed by atoms with E-state index in [0.29, 0.717) is 6.61 Å². The maximum absolute atomic E-state index is 11.4. The number of ether oxygens (including phenoxy) is 2. The summed E-state index contributed by atoms with van der Waals surface area (Å²) in [5.74, 6) is 0.000331. The van der Waals surface area contributed by atoms with E-state index in [4.69, 9.17) is 9.47 Å². The van der Waals surface area contributed by atoms with Gasteiger partial charge in [-0.3, -0.25) is 4.79 Å². The molecule has 0 N–H and O–H groups in total. The lowest BCUT2D eigenvalue weighted by atomic mass is 9.87. The summed E-state index contributed by atoms with van der Waals surface area (Å²) in [6, 6.07) is 2.09. The Balaban J connectivity index is 1.72. The number of thiophene rings is 1. The highest BCUT2D eigenvalue weighted by molar-refractivity contribution is 9.11. The summed E-state index contributed by atoms with van der Waals surface area (Å²) in [5, 5.41) is 2.10. The van der Waals surface area contributed by atoms with E-state index < -0.39 is 0 Å². The Morgan fingerprint density at radius 2 is 2.17 bits per heavy atom. The molecule has 3 nitrogen and oxygen atoms in total. The summed E-state index contributed by atoms with van der Waals surface area (Å²) in [6.07, 6.45) is 3.94. The monoisotopic (exact) mass is 332 g/mol. The molecule has 0 radical (unpaired) electrons. The van der Waals surface area contributed by atoms with E-state index in [-0.39, 0.29) is 18.0 Å². The van der Waals surface area contributed by atoms with Crippen molar-refractivity contribution < 1.29 is 14.3 Å². The molecule has 0 aromatic carbocycles. The van der Waals surface area contributed by atoms with Crippen LogP contribution in [0.5, 0.6) is 0 Å². The molecular weight excluding hydrogens is 316 g/mol. The van der Waals surface area contributed by atoms with Gasteiger partial charge in [0.25, 0.3) is 0 Å². The van der Waals surface area contributed by atoms with Gasteiger partial charge in [-0.15, -0.1) is 11.3 Å². The first kappa shape index (κ1) is 14.0. The fraction of sp³-hybridized carbons (Fsp3) is 0.615. The number of halogens is 1. The van der Waals surface area contributed by atoms with Gasteiger partial charge in [0, 0.05) is 0 Å². The average Bonchev–Trinajstić information content (AvgIpc) is 2.82.